The molecule has 98 valence electrons. The van der Waals surface area contributed by atoms with Gasteiger partial charge in [0.15, 0.2) is 5.78 Å². The van der Waals surface area contributed by atoms with Crippen molar-refractivity contribution in [1.82, 2.24) is 4.98 Å². The summed E-state index contributed by atoms with van der Waals surface area (Å²) in [4.78, 5) is 25.5. The summed E-state index contributed by atoms with van der Waals surface area (Å²) in [5.74, 6) is -2.40. The third-order valence-electron chi connectivity index (χ3n) is 2.51. The first kappa shape index (κ1) is 12.9. The highest BCUT2D eigenvalue weighted by Gasteiger charge is 2.13. The smallest absolute Gasteiger partial charge is 0.272 e. The summed E-state index contributed by atoms with van der Waals surface area (Å²) >= 11 is 0. The molecule has 0 spiro atoms. The molecule has 0 aliphatic carbocycles. The highest BCUT2D eigenvalue weighted by Crippen LogP contribution is 2.16. The topological polar surface area (TPSA) is 62.0 Å². The zero-order valence-electron chi connectivity index (χ0n) is 9.96. The number of aromatic nitrogens is 1. The molecule has 0 atom stereocenters. The summed E-state index contributed by atoms with van der Waals surface area (Å²) in [6, 6.07) is 4.19. The lowest BCUT2D eigenvalue weighted by Gasteiger charge is -2.04. The lowest BCUT2D eigenvalue weighted by Crippen LogP contribution is -2.13. The Labute approximate surface area is 107 Å². The van der Waals surface area contributed by atoms with Crippen LogP contribution in [0.3, 0.4) is 0 Å². The van der Waals surface area contributed by atoms with Gasteiger partial charge in [-0.25, -0.2) is 8.78 Å². The fourth-order valence-corrected chi connectivity index (χ4v) is 1.51. The maximum Gasteiger partial charge on any atom is 0.272 e. The van der Waals surface area contributed by atoms with Gasteiger partial charge in [-0.2, -0.15) is 0 Å². The number of rotatable bonds is 3. The summed E-state index contributed by atoms with van der Waals surface area (Å²) in [5, 5.41) is 2.28. The Morgan fingerprint density at radius 3 is 2.53 bits per heavy atom. The number of hydrogen-bond donors (Lipinski definition) is 2. The molecule has 1 aromatic carbocycles. The molecule has 0 aliphatic rings. The van der Waals surface area contributed by atoms with Crippen molar-refractivity contribution in [2.45, 2.75) is 6.92 Å². The third-order valence-corrected chi connectivity index (χ3v) is 2.51. The predicted molar refractivity (Wildman–Crippen MR) is 65.1 cm³/mol. The monoisotopic (exact) mass is 264 g/mol. The van der Waals surface area contributed by atoms with Crippen LogP contribution in [0.15, 0.2) is 30.5 Å². The van der Waals surface area contributed by atoms with Crippen molar-refractivity contribution >= 4 is 17.4 Å². The zero-order chi connectivity index (χ0) is 14.0. The number of carbonyl (C=O) groups is 2. The lowest BCUT2D eigenvalue weighted by molar-refractivity contribution is 0.101. The molecule has 0 fully saturated rings. The van der Waals surface area contributed by atoms with E-state index >= 15 is 0 Å². The molecule has 0 radical (unpaired) electrons. The molecule has 0 unspecified atom stereocenters. The number of ketones is 1. The average molecular weight is 264 g/mol. The number of amides is 1. The number of anilines is 1. The maximum absolute atomic E-state index is 13.3. The molecule has 0 saturated heterocycles. The molecule has 4 nitrogen and oxygen atoms in total. The van der Waals surface area contributed by atoms with Gasteiger partial charge in [-0.05, 0) is 25.1 Å². The summed E-state index contributed by atoms with van der Waals surface area (Å²) in [6.45, 7) is 1.37. The molecule has 0 aliphatic heterocycles. The van der Waals surface area contributed by atoms with E-state index in [1.54, 1.807) is 0 Å². The molecular formula is C13H10F2N2O2. The van der Waals surface area contributed by atoms with Gasteiger partial charge in [-0.1, -0.05) is 0 Å². The third kappa shape index (κ3) is 2.85. The SMILES string of the molecule is CC(=O)c1c[nH]c(C(=O)Nc2ccc(F)cc2F)c1. The van der Waals surface area contributed by atoms with Gasteiger partial charge in [-0.15, -0.1) is 0 Å². The minimum atomic E-state index is -0.869. The molecule has 2 aromatic rings. The van der Waals surface area contributed by atoms with Gasteiger partial charge in [-0.3, -0.25) is 9.59 Å². The van der Waals surface area contributed by atoms with E-state index in [0.717, 1.165) is 12.1 Å². The fourth-order valence-electron chi connectivity index (χ4n) is 1.51. The fraction of sp³-hybridized carbons (Fsp3) is 0.0769. The molecular weight excluding hydrogens is 254 g/mol. The molecule has 6 heteroatoms. The van der Waals surface area contributed by atoms with Crippen LogP contribution < -0.4 is 5.32 Å². The second-order valence-corrected chi connectivity index (χ2v) is 3.94. The van der Waals surface area contributed by atoms with E-state index in [4.69, 9.17) is 0 Å². The minimum absolute atomic E-state index is 0.119. The Kier molecular flexibility index (Phi) is 3.41. The quantitative estimate of drug-likeness (QED) is 0.837. The predicted octanol–water partition coefficient (Wildman–Crippen LogP) is 2.75. The molecule has 0 saturated carbocycles. The number of aromatic amines is 1. The van der Waals surface area contributed by atoms with E-state index < -0.39 is 17.5 Å². The highest BCUT2D eigenvalue weighted by atomic mass is 19.1. The Balaban J connectivity index is 2.18. The molecule has 2 rings (SSSR count). The Hall–Kier alpha value is -2.50. The number of nitrogens with one attached hydrogen (secondary N) is 2. The Morgan fingerprint density at radius 1 is 1.21 bits per heavy atom. The number of hydrogen-bond acceptors (Lipinski definition) is 2. The van der Waals surface area contributed by atoms with Crippen LogP contribution in [0.4, 0.5) is 14.5 Å². The van der Waals surface area contributed by atoms with Crippen LogP contribution in [-0.4, -0.2) is 16.7 Å². The molecule has 1 amide bonds. The maximum atomic E-state index is 13.3. The zero-order valence-corrected chi connectivity index (χ0v) is 9.96. The van der Waals surface area contributed by atoms with Gasteiger partial charge in [0.2, 0.25) is 0 Å². The summed E-state index contributed by atoms with van der Waals surface area (Å²) in [5.41, 5.74) is 0.337. The van der Waals surface area contributed by atoms with E-state index in [1.165, 1.54) is 19.2 Å². The second-order valence-electron chi connectivity index (χ2n) is 3.94. The number of H-pyrrole nitrogens is 1. The first-order valence-corrected chi connectivity index (χ1v) is 5.43. The van der Waals surface area contributed by atoms with Crippen molar-refractivity contribution in [3.05, 3.63) is 53.4 Å². The minimum Gasteiger partial charge on any atom is -0.356 e. The van der Waals surface area contributed by atoms with Crippen molar-refractivity contribution in [1.29, 1.82) is 0 Å². The van der Waals surface area contributed by atoms with Crippen LogP contribution in [0, 0.1) is 11.6 Å². The van der Waals surface area contributed by atoms with Crippen molar-refractivity contribution < 1.29 is 18.4 Å². The number of halogens is 2. The van der Waals surface area contributed by atoms with Crippen LogP contribution in [0.25, 0.3) is 0 Å². The van der Waals surface area contributed by atoms with E-state index in [0.29, 0.717) is 11.6 Å². The van der Waals surface area contributed by atoms with Crippen LogP contribution in [0.2, 0.25) is 0 Å². The van der Waals surface area contributed by atoms with E-state index in [-0.39, 0.29) is 17.2 Å². The number of Topliss-reactive ketones (excluding diaryl/α,β-unsaturated/α-hetero) is 1. The molecule has 1 heterocycles. The Bertz CT molecular complexity index is 650. The van der Waals surface area contributed by atoms with E-state index in [2.05, 4.69) is 10.3 Å². The van der Waals surface area contributed by atoms with Crippen molar-refractivity contribution in [3.8, 4) is 0 Å². The van der Waals surface area contributed by atoms with Gasteiger partial charge in [0, 0.05) is 17.8 Å². The lowest BCUT2D eigenvalue weighted by atomic mass is 10.2. The van der Waals surface area contributed by atoms with Crippen molar-refractivity contribution in [2.24, 2.45) is 0 Å². The summed E-state index contributed by atoms with van der Waals surface area (Å²) in [7, 11) is 0. The largest absolute Gasteiger partial charge is 0.356 e. The Morgan fingerprint density at radius 2 is 1.95 bits per heavy atom. The number of carbonyl (C=O) groups excluding carboxylic acids is 2. The molecule has 0 bridgehead atoms. The normalized spacial score (nSPS) is 10.3. The molecule has 19 heavy (non-hydrogen) atoms. The standard InChI is InChI=1S/C13H10F2N2O2/c1-7(18)8-4-12(16-6-8)13(19)17-11-3-2-9(14)5-10(11)15/h2-6,16H,1H3,(H,17,19). The first-order chi connectivity index (χ1) is 8.97. The summed E-state index contributed by atoms with van der Waals surface area (Å²) in [6.07, 6.45) is 1.39. The average Bonchev–Trinajstić information content (AvgIpc) is 2.82. The second kappa shape index (κ2) is 5.01. The van der Waals surface area contributed by atoms with E-state index in [1.807, 2.05) is 0 Å². The van der Waals surface area contributed by atoms with Crippen LogP contribution in [0.1, 0.15) is 27.8 Å². The van der Waals surface area contributed by atoms with Crippen LogP contribution in [0.5, 0.6) is 0 Å². The van der Waals surface area contributed by atoms with Gasteiger partial charge < -0.3 is 10.3 Å². The van der Waals surface area contributed by atoms with Gasteiger partial charge in [0.05, 0.1) is 5.69 Å². The van der Waals surface area contributed by atoms with Crippen molar-refractivity contribution in [2.75, 3.05) is 5.32 Å². The van der Waals surface area contributed by atoms with Gasteiger partial charge in [0.25, 0.3) is 5.91 Å². The van der Waals surface area contributed by atoms with Crippen LogP contribution in [-0.2, 0) is 0 Å². The molecule has 1 aromatic heterocycles. The number of benzene rings is 1. The van der Waals surface area contributed by atoms with E-state index in [9.17, 15) is 18.4 Å². The highest BCUT2D eigenvalue weighted by molar-refractivity contribution is 6.05. The van der Waals surface area contributed by atoms with Gasteiger partial charge >= 0.3 is 0 Å². The summed E-state index contributed by atoms with van der Waals surface area (Å²) < 4.78 is 26.0. The molecule has 2 N–H and O–H groups in total. The van der Waals surface area contributed by atoms with Crippen LogP contribution >= 0.6 is 0 Å². The van der Waals surface area contributed by atoms with Gasteiger partial charge in [0.1, 0.15) is 17.3 Å². The first-order valence-electron chi connectivity index (χ1n) is 5.43. The van der Waals surface area contributed by atoms with Crippen molar-refractivity contribution in [3.63, 3.8) is 0 Å².